The van der Waals surface area contributed by atoms with Crippen LogP contribution in [0.25, 0.3) is 26.5 Å². The lowest BCUT2D eigenvalue weighted by Gasteiger charge is -2.08. The molecule has 0 bridgehead atoms. The second-order valence-electron chi connectivity index (χ2n) is 5.67. The summed E-state index contributed by atoms with van der Waals surface area (Å²) in [4.78, 5) is 17.7. The van der Waals surface area contributed by atoms with Crippen molar-refractivity contribution in [1.29, 1.82) is 0 Å². The number of rotatable bonds is 5. The molecule has 1 N–H and O–H groups in total. The first-order valence-corrected chi connectivity index (χ1v) is 9.81. The predicted molar refractivity (Wildman–Crippen MR) is 112 cm³/mol. The quantitative estimate of drug-likeness (QED) is 0.264. The highest BCUT2D eigenvalue weighted by Gasteiger charge is 2.15. The Bertz CT molecular complexity index is 1260. The third-order valence-corrected chi connectivity index (χ3v) is 5.36. The van der Waals surface area contributed by atoms with E-state index in [-0.39, 0.29) is 0 Å². The molecule has 0 saturated heterocycles. The van der Waals surface area contributed by atoms with Gasteiger partial charge in [0.05, 0.1) is 24.1 Å². The van der Waals surface area contributed by atoms with Crippen LogP contribution in [0.3, 0.4) is 0 Å². The highest BCUT2D eigenvalue weighted by Crippen LogP contribution is 2.33. The van der Waals surface area contributed by atoms with Crippen LogP contribution < -0.4 is 15.7 Å². The molecule has 28 heavy (non-hydrogen) atoms. The summed E-state index contributed by atoms with van der Waals surface area (Å²) in [6, 6.07) is 14.7. The molecule has 6 nitrogen and oxygen atoms in total. The predicted octanol–water partition coefficient (Wildman–Crippen LogP) is 5.60. The number of benzene rings is 2. The van der Waals surface area contributed by atoms with Gasteiger partial charge >= 0.3 is 5.63 Å². The summed E-state index contributed by atoms with van der Waals surface area (Å²) >= 11 is 2.33. The van der Waals surface area contributed by atoms with Gasteiger partial charge in [-0.3, -0.25) is 0 Å². The Kier molecular flexibility index (Phi) is 5.02. The van der Waals surface area contributed by atoms with Crippen LogP contribution >= 0.6 is 23.3 Å². The van der Waals surface area contributed by atoms with Crippen LogP contribution in [-0.4, -0.2) is 12.1 Å². The maximum atomic E-state index is 12.5. The van der Waals surface area contributed by atoms with Gasteiger partial charge in [0.15, 0.2) is 10.7 Å². The fourth-order valence-corrected chi connectivity index (χ4v) is 3.94. The van der Waals surface area contributed by atoms with Crippen molar-refractivity contribution in [1.82, 2.24) is 4.98 Å². The summed E-state index contributed by atoms with van der Waals surface area (Å²) in [5.74, 6) is 0.703. The van der Waals surface area contributed by atoms with Gasteiger partial charge in [0, 0.05) is 10.8 Å². The number of anilines is 2. The molecule has 0 aliphatic carbocycles. The van der Waals surface area contributed by atoms with E-state index in [4.69, 9.17) is 15.7 Å². The van der Waals surface area contributed by atoms with Crippen LogP contribution in [0.2, 0.25) is 0 Å². The molecular formula is C20H13N3O3S2. The van der Waals surface area contributed by atoms with E-state index in [1.807, 2.05) is 36.4 Å². The standard InChI is InChI=1S/C20H13N3O3S2/c1-21-28-17-9-5-6-12-10-13(19(24)26-18(12)17)15-11-27-20(23-15)22-14-7-3-4-8-16(14)25-2/h3-11H,2H3,(H,22,23). The lowest BCUT2D eigenvalue weighted by Crippen LogP contribution is -2.03. The Labute approximate surface area is 168 Å². The van der Waals surface area contributed by atoms with Crippen molar-refractivity contribution in [2.75, 3.05) is 12.4 Å². The molecule has 2 aromatic heterocycles. The summed E-state index contributed by atoms with van der Waals surface area (Å²) in [7, 11) is 1.61. The van der Waals surface area contributed by atoms with E-state index in [9.17, 15) is 4.79 Å². The second-order valence-corrected chi connectivity index (χ2v) is 7.33. The fourth-order valence-electron chi connectivity index (χ4n) is 2.74. The average molecular weight is 407 g/mol. The fraction of sp³-hybridized carbons (Fsp3) is 0.0500. The zero-order valence-corrected chi connectivity index (χ0v) is 16.3. The summed E-state index contributed by atoms with van der Waals surface area (Å²) < 4.78 is 14.1. The van der Waals surface area contributed by atoms with E-state index in [0.29, 0.717) is 32.6 Å². The van der Waals surface area contributed by atoms with Gasteiger partial charge in [-0.2, -0.15) is 0 Å². The Morgan fingerprint density at radius 3 is 2.93 bits per heavy atom. The van der Waals surface area contributed by atoms with Crippen LogP contribution in [0.4, 0.5) is 10.8 Å². The topological polar surface area (TPSA) is 68.7 Å². The second kappa shape index (κ2) is 7.76. The molecule has 0 atom stereocenters. The number of fused-ring (bicyclic) bond motifs is 1. The number of nitrogens with one attached hydrogen (secondary N) is 1. The molecule has 0 radical (unpaired) electrons. The maximum Gasteiger partial charge on any atom is 0.345 e. The highest BCUT2D eigenvalue weighted by molar-refractivity contribution is 8.01. The van der Waals surface area contributed by atoms with Gasteiger partial charge in [0.2, 0.25) is 0 Å². The van der Waals surface area contributed by atoms with Crippen molar-refractivity contribution in [2.45, 2.75) is 4.90 Å². The zero-order chi connectivity index (χ0) is 19.5. The summed E-state index contributed by atoms with van der Waals surface area (Å²) in [6.45, 7) is 7.01. The van der Waals surface area contributed by atoms with Crippen LogP contribution in [-0.2, 0) is 0 Å². The number of nitrogens with zero attached hydrogens (tertiary/aromatic N) is 2. The number of hydrogen-bond acceptors (Lipinski definition) is 7. The Morgan fingerprint density at radius 2 is 2.11 bits per heavy atom. The smallest absolute Gasteiger partial charge is 0.345 e. The highest BCUT2D eigenvalue weighted by atomic mass is 32.2. The molecule has 2 aromatic carbocycles. The summed E-state index contributed by atoms with van der Waals surface area (Å²) in [5.41, 5.74) is 1.62. The van der Waals surface area contributed by atoms with Gasteiger partial charge in [-0.05, 0) is 24.3 Å². The van der Waals surface area contributed by atoms with Gasteiger partial charge < -0.3 is 14.5 Å². The van der Waals surface area contributed by atoms with Crippen molar-refractivity contribution in [3.63, 3.8) is 0 Å². The Morgan fingerprint density at radius 1 is 1.25 bits per heavy atom. The molecule has 0 spiro atoms. The van der Waals surface area contributed by atoms with E-state index in [2.05, 4.69) is 14.6 Å². The largest absolute Gasteiger partial charge is 0.495 e. The molecular weight excluding hydrogens is 394 g/mol. The normalized spacial score (nSPS) is 10.6. The molecule has 4 rings (SSSR count). The van der Waals surface area contributed by atoms with Crippen molar-refractivity contribution < 1.29 is 9.15 Å². The minimum absolute atomic E-state index is 0.377. The van der Waals surface area contributed by atoms with Gasteiger partial charge in [-0.25, -0.2) is 20.6 Å². The monoisotopic (exact) mass is 407 g/mol. The lowest BCUT2D eigenvalue weighted by molar-refractivity contribution is 0.417. The molecule has 0 amide bonds. The molecule has 4 aromatic rings. The first-order chi connectivity index (χ1) is 13.7. The van der Waals surface area contributed by atoms with Crippen molar-refractivity contribution >= 4 is 45.1 Å². The maximum absolute atomic E-state index is 12.5. The van der Waals surface area contributed by atoms with Crippen molar-refractivity contribution in [2.24, 2.45) is 0 Å². The average Bonchev–Trinajstić information content (AvgIpc) is 3.17. The van der Waals surface area contributed by atoms with Crippen LogP contribution in [0.5, 0.6) is 5.75 Å². The van der Waals surface area contributed by atoms with Crippen molar-refractivity contribution in [3.05, 3.63) is 75.2 Å². The molecule has 0 aliphatic heterocycles. The van der Waals surface area contributed by atoms with Gasteiger partial charge in [0.25, 0.3) is 11.9 Å². The Hall–Kier alpha value is -3.28. The van der Waals surface area contributed by atoms with E-state index in [1.54, 1.807) is 24.6 Å². The van der Waals surface area contributed by atoms with E-state index in [0.717, 1.165) is 23.0 Å². The number of para-hydroxylation sites is 3. The summed E-state index contributed by atoms with van der Waals surface area (Å²) in [6.07, 6.45) is 0. The van der Waals surface area contributed by atoms with Crippen LogP contribution in [0, 0.1) is 6.57 Å². The van der Waals surface area contributed by atoms with Crippen LogP contribution in [0.1, 0.15) is 0 Å². The molecule has 8 heteroatoms. The third kappa shape index (κ3) is 3.45. The first kappa shape index (κ1) is 18.1. The third-order valence-electron chi connectivity index (χ3n) is 4.00. The number of ether oxygens (including phenoxy) is 1. The van der Waals surface area contributed by atoms with E-state index >= 15 is 0 Å². The molecule has 2 heterocycles. The van der Waals surface area contributed by atoms with Crippen molar-refractivity contribution in [3.8, 4) is 17.0 Å². The first-order valence-electron chi connectivity index (χ1n) is 8.16. The zero-order valence-electron chi connectivity index (χ0n) is 14.6. The van der Waals surface area contributed by atoms with E-state index in [1.165, 1.54) is 11.3 Å². The molecule has 0 aliphatic rings. The van der Waals surface area contributed by atoms with Gasteiger partial charge in [0.1, 0.15) is 10.6 Å². The molecule has 0 fully saturated rings. The number of methoxy groups -OCH3 is 1. The Balaban J connectivity index is 1.71. The van der Waals surface area contributed by atoms with E-state index < -0.39 is 5.63 Å². The van der Waals surface area contributed by atoms with Crippen LogP contribution in [0.15, 0.2) is 68.0 Å². The molecule has 0 saturated carbocycles. The SMILES string of the molecule is [C-]#[N+]Sc1cccc2cc(-c3csc(Nc4ccccc4OC)n3)c(=O)oc12. The number of aromatic nitrogens is 1. The lowest BCUT2D eigenvalue weighted by atomic mass is 10.1. The summed E-state index contributed by atoms with van der Waals surface area (Å²) in [5, 5.41) is 6.39. The molecule has 0 unspecified atom stereocenters. The minimum Gasteiger partial charge on any atom is -0.495 e. The number of hydrogen-bond donors (Lipinski definition) is 1. The molecule has 138 valence electrons. The minimum atomic E-state index is -0.486. The van der Waals surface area contributed by atoms with Gasteiger partial charge in [-0.15, -0.1) is 11.3 Å². The number of thiazole rings is 1. The van der Waals surface area contributed by atoms with Gasteiger partial charge in [-0.1, -0.05) is 24.3 Å².